The van der Waals surface area contributed by atoms with E-state index in [1.54, 1.807) is 0 Å². The van der Waals surface area contributed by atoms with E-state index in [1.165, 1.54) is 7.05 Å². The molecule has 0 saturated carbocycles. The Morgan fingerprint density at radius 2 is 1.95 bits per heavy atom. The summed E-state index contributed by atoms with van der Waals surface area (Å²) >= 11 is 0. The van der Waals surface area contributed by atoms with E-state index < -0.39 is 23.7 Å². The van der Waals surface area contributed by atoms with Crippen LogP contribution in [0.15, 0.2) is 35.7 Å². The van der Waals surface area contributed by atoms with Crippen LogP contribution in [0.4, 0.5) is 22.0 Å². The van der Waals surface area contributed by atoms with Gasteiger partial charge in [0, 0.05) is 25.2 Å². The third-order valence-corrected chi connectivity index (χ3v) is 2.43. The van der Waals surface area contributed by atoms with Gasteiger partial charge in [-0.25, -0.2) is 4.39 Å². The van der Waals surface area contributed by atoms with E-state index >= 15 is 0 Å². The lowest BCUT2D eigenvalue weighted by Gasteiger charge is -2.16. The summed E-state index contributed by atoms with van der Waals surface area (Å²) in [5, 5.41) is 8.92. The first-order valence-electron chi connectivity index (χ1n) is 5.22. The van der Waals surface area contributed by atoms with Crippen molar-refractivity contribution >= 4 is 5.97 Å². The molecule has 3 nitrogen and oxygen atoms in total. The van der Waals surface area contributed by atoms with Gasteiger partial charge < -0.3 is 10.2 Å². The van der Waals surface area contributed by atoms with Gasteiger partial charge in [-0.1, -0.05) is 6.58 Å². The fraction of sp³-hybridized carbons (Fsp3) is 0.364. The molecule has 2 N–H and O–H groups in total. The smallest absolute Gasteiger partial charge is 0.336 e. The van der Waals surface area contributed by atoms with Gasteiger partial charge in [0.25, 0.3) is 0 Å². The summed E-state index contributed by atoms with van der Waals surface area (Å²) in [7, 11) is 1.27. The zero-order chi connectivity index (χ0) is 14.8. The van der Waals surface area contributed by atoms with Gasteiger partial charge >= 0.3 is 6.18 Å². The minimum absolute atomic E-state index is 0.221. The molecule has 1 aliphatic rings. The number of hydrogen-bond acceptors (Lipinski definition) is 3. The van der Waals surface area contributed by atoms with Crippen LogP contribution < -0.4 is 5.32 Å². The second-order valence-electron chi connectivity index (χ2n) is 3.93. The van der Waals surface area contributed by atoms with Crippen molar-refractivity contribution in [1.29, 1.82) is 5.41 Å². The summed E-state index contributed by atoms with van der Waals surface area (Å²) < 4.78 is 63.1. The van der Waals surface area contributed by atoms with Crippen LogP contribution in [0.3, 0.4) is 0 Å². The third kappa shape index (κ3) is 3.80. The molecule has 1 heterocycles. The average molecular weight is 281 g/mol. The molecule has 0 bridgehead atoms. The van der Waals surface area contributed by atoms with Crippen molar-refractivity contribution in [3.05, 3.63) is 35.7 Å². The summed E-state index contributed by atoms with van der Waals surface area (Å²) in [5.41, 5.74) is -1.40. The number of nitrogens with zero attached hydrogens (tertiary/aromatic N) is 1. The molecule has 0 aliphatic carbocycles. The number of halogens is 5. The molecule has 106 valence electrons. The Balaban J connectivity index is 3.01. The van der Waals surface area contributed by atoms with Crippen molar-refractivity contribution < 1.29 is 22.0 Å². The highest BCUT2D eigenvalue weighted by Gasteiger charge is 2.39. The summed E-state index contributed by atoms with van der Waals surface area (Å²) in [6, 6.07) is 0. The van der Waals surface area contributed by atoms with Crippen LogP contribution in [0, 0.1) is 5.41 Å². The number of nitrogens with one attached hydrogen (secondary N) is 2. The van der Waals surface area contributed by atoms with E-state index in [4.69, 9.17) is 5.41 Å². The van der Waals surface area contributed by atoms with E-state index in [9.17, 15) is 22.0 Å². The topological polar surface area (TPSA) is 39.1 Å². The lowest BCUT2D eigenvalue weighted by atomic mass is 10.1. The van der Waals surface area contributed by atoms with Gasteiger partial charge in [0.15, 0.2) is 0 Å². The molecule has 0 aromatic carbocycles. The number of hydrogen-bond donors (Lipinski definition) is 2. The van der Waals surface area contributed by atoms with Crippen LogP contribution >= 0.6 is 0 Å². The first kappa shape index (κ1) is 15.2. The van der Waals surface area contributed by atoms with E-state index in [0.717, 1.165) is 11.1 Å². The summed E-state index contributed by atoms with van der Waals surface area (Å²) in [6.45, 7) is 2.98. The Hall–Kier alpha value is -1.86. The predicted octanol–water partition coefficient (Wildman–Crippen LogP) is 3.35. The maximum atomic E-state index is 13.1. The minimum atomic E-state index is -4.61. The van der Waals surface area contributed by atoms with Crippen molar-refractivity contribution in [2.45, 2.75) is 19.0 Å². The fourth-order valence-corrected chi connectivity index (χ4v) is 1.53. The molecule has 0 aromatic rings. The summed E-state index contributed by atoms with van der Waals surface area (Å²) in [6.07, 6.45) is -4.38. The highest BCUT2D eigenvalue weighted by atomic mass is 19.4. The zero-order valence-electron chi connectivity index (χ0n) is 10.0. The Morgan fingerprint density at radius 1 is 1.37 bits per heavy atom. The lowest BCUT2D eigenvalue weighted by molar-refractivity contribution is -0.0951. The highest BCUT2D eigenvalue weighted by Crippen LogP contribution is 2.31. The van der Waals surface area contributed by atoms with Crippen molar-refractivity contribution in [2.24, 2.45) is 0 Å². The van der Waals surface area contributed by atoms with Gasteiger partial charge in [0.05, 0.1) is 5.83 Å². The molecule has 0 aromatic heterocycles. The Kier molecular flexibility index (Phi) is 4.33. The van der Waals surface area contributed by atoms with Crippen molar-refractivity contribution in [3.63, 3.8) is 0 Å². The van der Waals surface area contributed by atoms with Crippen molar-refractivity contribution in [1.82, 2.24) is 10.2 Å². The van der Waals surface area contributed by atoms with Gasteiger partial charge in [-0.2, -0.15) is 17.6 Å². The van der Waals surface area contributed by atoms with Crippen LogP contribution in [0.2, 0.25) is 0 Å². The fourth-order valence-electron chi connectivity index (χ4n) is 1.53. The van der Waals surface area contributed by atoms with Crippen LogP contribution in [0.1, 0.15) is 12.8 Å². The van der Waals surface area contributed by atoms with Crippen LogP contribution in [-0.2, 0) is 0 Å². The van der Waals surface area contributed by atoms with E-state index in [0.29, 0.717) is 0 Å². The molecule has 19 heavy (non-hydrogen) atoms. The van der Waals surface area contributed by atoms with Gasteiger partial charge in [-0.15, -0.1) is 0 Å². The maximum Gasteiger partial charge on any atom is 0.432 e. The minimum Gasteiger partial charge on any atom is -0.336 e. The second-order valence-corrected chi connectivity index (χ2v) is 3.93. The summed E-state index contributed by atoms with van der Waals surface area (Å²) in [5.74, 6) is -2.36. The SMILES string of the molecule is C=C(F)CCC(C(=N)F)=C1NC(C(F)(F)F)=CN1C. The molecule has 1 aliphatic heterocycles. The average Bonchev–Trinajstić information content (AvgIpc) is 2.60. The van der Waals surface area contributed by atoms with Crippen LogP contribution in [-0.4, -0.2) is 24.1 Å². The van der Waals surface area contributed by atoms with Gasteiger partial charge in [0.2, 0.25) is 5.97 Å². The van der Waals surface area contributed by atoms with Crippen LogP contribution in [0.25, 0.3) is 0 Å². The van der Waals surface area contributed by atoms with E-state index in [1.807, 2.05) is 5.32 Å². The maximum absolute atomic E-state index is 13.1. The lowest BCUT2D eigenvalue weighted by Crippen LogP contribution is -2.25. The quantitative estimate of drug-likeness (QED) is 0.612. The molecule has 0 radical (unpaired) electrons. The first-order chi connectivity index (χ1) is 8.62. The number of rotatable bonds is 4. The Labute approximate surface area is 106 Å². The molecule has 0 unspecified atom stereocenters. The molecule has 0 fully saturated rings. The van der Waals surface area contributed by atoms with Gasteiger partial charge in [-0.05, 0) is 6.42 Å². The molecule has 1 rings (SSSR count). The highest BCUT2D eigenvalue weighted by molar-refractivity contribution is 5.90. The van der Waals surface area contributed by atoms with E-state index in [-0.39, 0.29) is 24.2 Å². The first-order valence-corrected chi connectivity index (χ1v) is 5.22. The molecular formula is C11H12F5N3. The van der Waals surface area contributed by atoms with Gasteiger partial charge in [0.1, 0.15) is 11.5 Å². The largest absolute Gasteiger partial charge is 0.432 e. The molecule has 0 spiro atoms. The Morgan fingerprint density at radius 3 is 2.32 bits per heavy atom. The van der Waals surface area contributed by atoms with Crippen LogP contribution in [0.5, 0.6) is 0 Å². The van der Waals surface area contributed by atoms with E-state index in [2.05, 4.69) is 6.58 Å². The molecule has 0 atom stereocenters. The molecular weight excluding hydrogens is 269 g/mol. The number of allylic oxidation sites excluding steroid dienone is 3. The molecule has 0 amide bonds. The standard InChI is InChI=1S/C11H12F5N3/c1-6(12)3-4-7(9(13)17)10-18-8(5-19(10)2)11(14,15)16/h5,17-18H,1,3-4H2,2H3. The van der Waals surface area contributed by atoms with Crippen molar-refractivity contribution in [2.75, 3.05) is 7.05 Å². The normalized spacial score (nSPS) is 18.0. The summed E-state index contributed by atoms with van der Waals surface area (Å²) in [4.78, 5) is 1.01. The predicted molar refractivity (Wildman–Crippen MR) is 60.4 cm³/mol. The third-order valence-electron chi connectivity index (χ3n) is 2.43. The monoisotopic (exact) mass is 281 g/mol. The Bertz CT molecular complexity index is 461. The number of alkyl halides is 3. The zero-order valence-corrected chi connectivity index (χ0v) is 10.0. The second kappa shape index (κ2) is 5.41. The molecule has 8 heteroatoms. The van der Waals surface area contributed by atoms with Crippen molar-refractivity contribution in [3.8, 4) is 0 Å². The van der Waals surface area contributed by atoms with Gasteiger partial charge in [-0.3, -0.25) is 5.41 Å². The molecule has 0 saturated heterocycles.